The summed E-state index contributed by atoms with van der Waals surface area (Å²) in [6.07, 6.45) is 0. The zero-order valence-electron chi connectivity index (χ0n) is 12.5. The van der Waals surface area contributed by atoms with Gasteiger partial charge in [0.15, 0.2) is 0 Å². The van der Waals surface area contributed by atoms with Crippen molar-refractivity contribution in [3.8, 4) is 5.75 Å². The Balaban J connectivity index is 2.01. The van der Waals surface area contributed by atoms with Gasteiger partial charge in [0.25, 0.3) is 5.91 Å². The number of carbonyl (C=O) groups excluding carboxylic acids is 2. The summed E-state index contributed by atoms with van der Waals surface area (Å²) in [4.78, 5) is 22.9. The normalized spacial score (nSPS) is 9.91. The zero-order valence-corrected chi connectivity index (χ0v) is 12.5. The molecule has 0 aliphatic rings. The SMILES string of the molecule is CNC(=O)c1cccc(COc2ccc(C(=O)OC)cc2)c1. The van der Waals surface area contributed by atoms with Crippen LogP contribution in [0.3, 0.4) is 0 Å². The van der Waals surface area contributed by atoms with Gasteiger partial charge in [0.2, 0.25) is 0 Å². The Morgan fingerprint density at radius 2 is 1.77 bits per heavy atom. The molecule has 5 nitrogen and oxygen atoms in total. The van der Waals surface area contributed by atoms with E-state index < -0.39 is 0 Å². The van der Waals surface area contributed by atoms with Crippen LogP contribution in [0.25, 0.3) is 0 Å². The van der Waals surface area contributed by atoms with Gasteiger partial charge in [-0.1, -0.05) is 12.1 Å². The minimum Gasteiger partial charge on any atom is -0.489 e. The standard InChI is InChI=1S/C17H17NO4/c1-18-16(19)14-5-3-4-12(10-14)11-22-15-8-6-13(7-9-15)17(20)21-2/h3-10H,11H2,1-2H3,(H,18,19). The molecule has 114 valence electrons. The fourth-order valence-corrected chi connectivity index (χ4v) is 1.92. The first-order chi connectivity index (χ1) is 10.6. The molecule has 0 bridgehead atoms. The van der Waals surface area contributed by atoms with E-state index >= 15 is 0 Å². The molecule has 0 heterocycles. The number of hydrogen-bond acceptors (Lipinski definition) is 4. The molecule has 0 saturated heterocycles. The Hall–Kier alpha value is -2.82. The minimum atomic E-state index is -0.384. The van der Waals surface area contributed by atoms with E-state index in [-0.39, 0.29) is 11.9 Å². The van der Waals surface area contributed by atoms with Gasteiger partial charge in [-0.2, -0.15) is 0 Å². The van der Waals surface area contributed by atoms with Crippen molar-refractivity contribution in [2.24, 2.45) is 0 Å². The molecule has 5 heteroatoms. The molecule has 0 aliphatic heterocycles. The number of hydrogen-bond donors (Lipinski definition) is 1. The molecule has 0 saturated carbocycles. The largest absolute Gasteiger partial charge is 0.489 e. The minimum absolute atomic E-state index is 0.135. The van der Waals surface area contributed by atoms with Crippen molar-refractivity contribution in [3.05, 3.63) is 65.2 Å². The lowest BCUT2D eigenvalue weighted by Crippen LogP contribution is -2.17. The molecular formula is C17H17NO4. The molecule has 0 aliphatic carbocycles. The van der Waals surface area contributed by atoms with Crippen LogP contribution in [0.15, 0.2) is 48.5 Å². The first-order valence-corrected chi connectivity index (χ1v) is 6.76. The second-order valence-electron chi connectivity index (χ2n) is 4.58. The second-order valence-corrected chi connectivity index (χ2v) is 4.58. The Kier molecular flexibility index (Phi) is 5.14. The van der Waals surface area contributed by atoms with Crippen molar-refractivity contribution in [2.75, 3.05) is 14.2 Å². The van der Waals surface area contributed by atoms with Crippen LogP contribution in [0.5, 0.6) is 5.75 Å². The van der Waals surface area contributed by atoms with Crippen LogP contribution in [0.2, 0.25) is 0 Å². The third-order valence-electron chi connectivity index (χ3n) is 3.10. The number of nitrogens with one attached hydrogen (secondary N) is 1. The number of amides is 1. The molecule has 1 N–H and O–H groups in total. The second kappa shape index (κ2) is 7.26. The molecule has 0 radical (unpaired) electrons. The molecule has 0 fully saturated rings. The highest BCUT2D eigenvalue weighted by atomic mass is 16.5. The summed E-state index contributed by atoms with van der Waals surface area (Å²) in [5, 5.41) is 2.58. The molecule has 22 heavy (non-hydrogen) atoms. The molecular weight excluding hydrogens is 282 g/mol. The van der Waals surface area contributed by atoms with E-state index in [4.69, 9.17) is 4.74 Å². The molecule has 2 aromatic carbocycles. The van der Waals surface area contributed by atoms with E-state index in [0.29, 0.717) is 23.5 Å². The number of methoxy groups -OCH3 is 1. The zero-order chi connectivity index (χ0) is 15.9. The lowest BCUT2D eigenvalue weighted by atomic mass is 10.1. The third kappa shape index (κ3) is 3.85. The fraction of sp³-hybridized carbons (Fsp3) is 0.176. The predicted molar refractivity (Wildman–Crippen MR) is 81.9 cm³/mol. The van der Waals surface area contributed by atoms with Gasteiger partial charge in [0, 0.05) is 12.6 Å². The van der Waals surface area contributed by atoms with Crippen LogP contribution in [0.4, 0.5) is 0 Å². The first kappa shape index (κ1) is 15.6. The monoisotopic (exact) mass is 299 g/mol. The van der Waals surface area contributed by atoms with Crippen molar-refractivity contribution < 1.29 is 19.1 Å². The smallest absolute Gasteiger partial charge is 0.337 e. The maximum atomic E-state index is 11.6. The van der Waals surface area contributed by atoms with Gasteiger partial charge in [0.05, 0.1) is 12.7 Å². The fourth-order valence-electron chi connectivity index (χ4n) is 1.92. The highest BCUT2D eigenvalue weighted by Gasteiger charge is 2.06. The van der Waals surface area contributed by atoms with E-state index in [1.54, 1.807) is 43.4 Å². The van der Waals surface area contributed by atoms with Gasteiger partial charge in [-0.25, -0.2) is 4.79 Å². The molecule has 1 amide bonds. The maximum absolute atomic E-state index is 11.6. The maximum Gasteiger partial charge on any atom is 0.337 e. The summed E-state index contributed by atoms with van der Waals surface area (Å²) in [5.41, 5.74) is 1.94. The Morgan fingerprint density at radius 1 is 1.05 bits per heavy atom. The molecule has 2 rings (SSSR count). The van der Waals surface area contributed by atoms with Gasteiger partial charge in [-0.15, -0.1) is 0 Å². The summed E-state index contributed by atoms with van der Waals surface area (Å²) in [7, 11) is 2.93. The average molecular weight is 299 g/mol. The van der Waals surface area contributed by atoms with Gasteiger partial charge in [-0.05, 0) is 42.0 Å². The number of rotatable bonds is 5. The van der Waals surface area contributed by atoms with Crippen LogP contribution in [0, 0.1) is 0 Å². The van der Waals surface area contributed by atoms with Crippen molar-refractivity contribution in [1.82, 2.24) is 5.32 Å². The average Bonchev–Trinajstić information content (AvgIpc) is 2.59. The number of benzene rings is 2. The van der Waals surface area contributed by atoms with E-state index in [2.05, 4.69) is 10.1 Å². The molecule has 0 spiro atoms. The molecule has 2 aromatic rings. The summed E-state index contributed by atoms with van der Waals surface area (Å²) >= 11 is 0. The number of carbonyl (C=O) groups is 2. The topological polar surface area (TPSA) is 64.6 Å². The van der Waals surface area contributed by atoms with Gasteiger partial charge < -0.3 is 14.8 Å². The van der Waals surface area contributed by atoms with Crippen molar-refractivity contribution in [2.45, 2.75) is 6.61 Å². The Labute approximate surface area is 128 Å². The third-order valence-corrected chi connectivity index (χ3v) is 3.10. The van der Waals surface area contributed by atoms with E-state index in [0.717, 1.165) is 5.56 Å². The molecule has 0 atom stereocenters. The number of esters is 1. The summed E-state index contributed by atoms with van der Waals surface area (Å²) < 4.78 is 10.3. The molecule has 0 aromatic heterocycles. The van der Waals surface area contributed by atoms with Crippen molar-refractivity contribution in [1.29, 1.82) is 0 Å². The Bertz CT molecular complexity index is 665. The van der Waals surface area contributed by atoms with Crippen molar-refractivity contribution >= 4 is 11.9 Å². The summed E-state index contributed by atoms with van der Waals surface area (Å²) in [5.74, 6) is 0.118. The van der Waals surface area contributed by atoms with Crippen LogP contribution in [-0.2, 0) is 11.3 Å². The predicted octanol–water partition coefficient (Wildman–Crippen LogP) is 2.41. The quantitative estimate of drug-likeness (QED) is 0.861. The van der Waals surface area contributed by atoms with E-state index in [1.165, 1.54) is 7.11 Å². The van der Waals surface area contributed by atoms with Crippen LogP contribution in [-0.4, -0.2) is 26.0 Å². The van der Waals surface area contributed by atoms with E-state index in [9.17, 15) is 9.59 Å². The van der Waals surface area contributed by atoms with Gasteiger partial charge >= 0.3 is 5.97 Å². The van der Waals surface area contributed by atoms with Crippen LogP contribution < -0.4 is 10.1 Å². The van der Waals surface area contributed by atoms with Crippen LogP contribution >= 0.6 is 0 Å². The van der Waals surface area contributed by atoms with Crippen LogP contribution in [0.1, 0.15) is 26.3 Å². The Morgan fingerprint density at radius 3 is 2.41 bits per heavy atom. The van der Waals surface area contributed by atoms with Crippen molar-refractivity contribution in [3.63, 3.8) is 0 Å². The van der Waals surface area contributed by atoms with Gasteiger partial charge in [-0.3, -0.25) is 4.79 Å². The molecule has 0 unspecified atom stereocenters. The summed E-state index contributed by atoms with van der Waals surface area (Å²) in [6.45, 7) is 0.336. The number of ether oxygens (including phenoxy) is 2. The van der Waals surface area contributed by atoms with Gasteiger partial charge in [0.1, 0.15) is 12.4 Å². The first-order valence-electron chi connectivity index (χ1n) is 6.76. The summed E-state index contributed by atoms with van der Waals surface area (Å²) in [6, 6.07) is 13.9. The van der Waals surface area contributed by atoms with E-state index in [1.807, 2.05) is 12.1 Å². The highest BCUT2D eigenvalue weighted by Crippen LogP contribution is 2.15. The lowest BCUT2D eigenvalue weighted by Gasteiger charge is -2.08. The lowest BCUT2D eigenvalue weighted by molar-refractivity contribution is 0.0600. The highest BCUT2D eigenvalue weighted by molar-refractivity contribution is 5.94.